The fourth-order valence-corrected chi connectivity index (χ4v) is 2.05. The second kappa shape index (κ2) is 4.97. The first kappa shape index (κ1) is 7.95. The van der Waals surface area contributed by atoms with Crippen molar-refractivity contribution in [1.82, 2.24) is 4.98 Å². The van der Waals surface area contributed by atoms with E-state index in [-0.39, 0.29) is 5.69 Å². The minimum absolute atomic E-state index is 0.00392. The Morgan fingerprint density at radius 3 is 2.67 bits per heavy atom. The normalized spacial score (nSPS) is 36.8. The lowest BCUT2D eigenvalue weighted by Gasteiger charge is -2.39. The summed E-state index contributed by atoms with van der Waals surface area (Å²) in [5, 5.41) is 0. The van der Waals surface area contributed by atoms with E-state index in [1.807, 2.05) is 27.7 Å². The molecule has 0 spiro atoms. The number of pyridine rings is 1. The Balaban J connectivity index is 1.94. The minimum Gasteiger partial charge on any atom is -0.399 e. The monoisotopic (exact) mass is 298 g/mol. The molecule has 114 valence electrons. The molecule has 0 radical (unpaired) electrons. The highest BCUT2D eigenvalue weighted by atomic mass is 16.7. The van der Waals surface area contributed by atoms with Crippen LogP contribution in [0.5, 0.6) is 0 Å². The van der Waals surface area contributed by atoms with Gasteiger partial charge < -0.3 is 18.9 Å². The van der Waals surface area contributed by atoms with E-state index >= 15 is 0 Å². The molecule has 0 aliphatic carbocycles. The van der Waals surface area contributed by atoms with Crippen LogP contribution in [0.2, 0.25) is 0 Å². The van der Waals surface area contributed by atoms with Gasteiger partial charge in [0.2, 0.25) is 0 Å². The van der Waals surface area contributed by atoms with Crippen LogP contribution in [0.3, 0.4) is 0 Å². The molecular formula is C15H23BN2O3. The van der Waals surface area contributed by atoms with Crippen LogP contribution < -0.4 is 10.4 Å². The van der Waals surface area contributed by atoms with Gasteiger partial charge in [-0.2, -0.15) is 0 Å². The lowest BCUT2D eigenvalue weighted by molar-refractivity contribution is 0.00578. The zero-order chi connectivity index (χ0) is 22.3. The van der Waals surface area contributed by atoms with E-state index in [2.05, 4.69) is 9.72 Å². The van der Waals surface area contributed by atoms with E-state index in [9.17, 15) is 0 Å². The van der Waals surface area contributed by atoms with Gasteiger partial charge in [-0.25, -0.2) is 0 Å². The first-order valence-corrected chi connectivity index (χ1v) is 6.67. The lowest BCUT2D eigenvalue weighted by atomic mass is 9.80. The van der Waals surface area contributed by atoms with E-state index in [4.69, 9.17) is 20.3 Å². The van der Waals surface area contributed by atoms with Crippen LogP contribution in [0.1, 0.15) is 38.7 Å². The molecule has 1 aromatic heterocycles. The quantitative estimate of drug-likeness (QED) is 0.785. The van der Waals surface area contributed by atoms with Crippen LogP contribution >= 0.6 is 0 Å². The molecule has 2 saturated heterocycles. The molecule has 1 aromatic rings. The number of hydrogen-bond acceptors (Lipinski definition) is 5. The Morgan fingerprint density at radius 2 is 2.05 bits per heavy atom. The average Bonchev–Trinajstić information content (AvgIpc) is 2.73. The third-order valence-corrected chi connectivity index (χ3v) is 4.06. The van der Waals surface area contributed by atoms with Crippen molar-refractivity contribution in [3.63, 3.8) is 0 Å². The van der Waals surface area contributed by atoms with Gasteiger partial charge in [0, 0.05) is 31.7 Å². The van der Waals surface area contributed by atoms with E-state index in [1.165, 1.54) is 18.5 Å². The maximum atomic E-state index is 8.16. The summed E-state index contributed by atoms with van der Waals surface area (Å²) in [4.78, 5) is 4.67. The summed E-state index contributed by atoms with van der Waals surface area (Å²) < 4.78 is 78.6. The summed E-state index contributed by atoms with van der Waals surface area (Å²) in [5.41, 5.74) is -0.786. The molecule has 0 amide bonds. The Morgan fingerprint density at radius 1 is 1.38 bits per heavy atom. The number of anilines is 1. The molecule has 0 N–H and O–H groups in total. The fourth-order valence-electron chi connectivity index (χ4n) is 2.05. The number of hydrogen-bond donors (Lipinski definition) is 0. The maximum absolute atomic E-state index is 8.16. The van der Waals surface area contributed by atoms with Gasteiger partial charge in [0.25, 0.3) is 0 Å². The van der Waals surface area contributed by atoms with Crippen LogP contribution in [-0.2, 0) is 14.0 Å². The van der Waals surface area contributed by atoms with Crippen molar-refractivity contribution in [3.05, 3.63) is 18.5 Å². The van der Waals surface area contributed by atoms with Crippen molar-refractivity contribution in [1.29, 1.82) is 0 Å². The van der Waals surface area contributed by atoms with Crippen LogP contribution in [-0.4, -0.2) is 49.4 Å². The van der Waals surface area contributed by atoms with Gasteiger partial charge in [-0.05, 0) is 33.8 Å². The Hall–Kier alpha value is -1.11. The minimum atomic E-state index is -3.14. The number of methoxy groups -OCH3 is 1. The smallest absolute Gasteiger partial charge is 0.399 e. The van der Waals surface area contributed by atoms with Gasteiger partial charge in [0.05, 0.1) is 40.1 Å². The molecule has 0 unspecified atom stereocenters. The van der Waals surface area contributed by atoms with Gasteiger partial charge in [-0.15, -0.1) is 0 Å². The molecule has 2 fully saturated rings. The first-order valence-electron chi connectivity index (χ1n) is 10.7. The van der Waals surface area contributed by atoms with E-state index < -0.39 is 44.4 Å². The summed E-state index contributed by atoms with van der Waals surface area (Å²) in [6.07, 6.45) is -0.283. The molecule has 21 heavy (non-hydrogen) atoms. The summed E-state index contributed by atoms with van der Waals surface area (Å²) >= 11 is 0. The maximum Gasteiger partial charge on any atom is 0.496 e. The molecular weight excluding hydrogens is 267 g/mol. The standard InChI is InChI=1S/C15H23BN2O3/c1-14(2)15(3,4)21-16(20-14)11-6-12(8-17-7-11)18-9-13(10-18)19-5/h6-8,13H,9-10H2,1-5H3/i5D3,9D2,10D2,13D. The largest absolute Gasteiger partial charge is 0.496 e. The molecule has 2 aliphatic rings. The molecule has 3 rings (SSSR count). The van der Waals surface area contributed by atoms with Gasteiger partial charge in [0.1, 0.15) is 0 Å². The first-order chi connectivity index (χ1) is 12.9. The zero-order valence-electron chi connectivity index (χ0n) is 20.4. The van der Waals surface area contributed by atoms with E-state index in [1.54, 1.807) is 0 Å². The highest BCUT2D eigenvalue weighted by Gasteiger charge is 2.51. The SMILES string of the molecule is [2H]C([2H])([2H])OC1([2H])C([2H])([2H])N(c2cncc(B3OC(C)(C)C(C)(C)O3)c2)C1([2H])[2H]. The summed E-state index contributed by atoms with van der Waals surface area (Å²) in [6.45, 7) is 1.94. The molecule has 5 nitrogen and oxygen atoms in total. The molecule has 2 aliphatic heterocycles. The van der Waals surface area contributed by atoms with Gasteiger partial charge in [0.15, 0.2) is 0 Å². The molecule has 3 heterocycles. The zero-order valence-corrected chi connectivity index (χ0v) is 12.4. The van der Waals surface area contributed by atoms with Crippen LogP contribution in [0, 0.1) is 0 Å². The number of nitrogens with zero attached hydrogens (tertiary/aromatic N) is 2. The predicted octanol–water partition coefficient (Wildman–Crippen LogP) is 1.22. The lowest BCUT2D eigenvalue weighted by Crippen LogP contribution is -2.52. The predicted molar refractivity (Wildman–Crippen MR) is 83.0 cm³/mol. The molecule has 6 heteroatoms. The molecule has 0 saturated carbocycles. The van der Waals surface area contributed by atoms with E-state index in [0.29, 0.717) is 10.4 Å². The summed E-state index contributed by atoms with van der Waals surface area (Å²) in [7, 11) is -3.94. The highest BCUT2D eigenvalue weighted by molar-refractivity contribution is 6.62. The van der Waals surface area contributed by atoms with E-state index in [0.717, 1.165) is 0 Å². The summed E-state index contributed by atoms with van der Waals surface area (Å²) in [6, 6.07) is 1.44. The van der Waals surface area contributed by atoms with Crippen molar-refractivity contribution >= 4 is 18.3 Å². The summed E-state index contributed by atoms with van der Waals surface area (Å²) in [5.74, 6) is 0. The van der Waals surface area contributed by atoms with Crippen molar-refractivity contribution in [2.24, 2.45) is 0 Å². The topological polar surface area (TPSA) is 43.8 Å². The van der Waals surface area contributed by atoms with Gasteiger partial charge in [-0.1, -0.05) is 0 Å². The average molecular weight is 298 g/mol. The molecule has 0 bridgehead atoms. The highest BCUT2D eigenvalue weighted by Crippen LogP contribution is 2.36. The van der Waals surface area contributed by atoms with Crippen LogP contribution in [0.25, 0.3) is 0 Å². The molecule has 0 aromatic carbocycles. The van der Waals surface area contributed by atoms with Gasteiger partial charge >= 0.3 is 7.12 Å². The fraction of sp³-hybridized carbons (Fsp3) is 0.667. The van der Waals surface area contributed by atoms with Crippen molar-refractivity contribution in [3.8, 4) is 0 Å². The third-order valence-electron chi connectivity index (χ3n) is 4.06. The number of aromatic nitrogens is 1. The second-order valence-electron chi connectivity index (χ2n) is 6.05. The van der Waals surface area contributed by atoms with Crippen LogP contribution in [0.4, 0.5) is 5.69 Å². The van der Waals surface area contributed by atoms with Crippen LogP contribution in [0.15, 0.2) is 18.5 Å². The van der Waals surface area contributed by atoms with Crippen molar-refractivity contribution in [2.45, 2.75) is 45.0 Å². The number of ether oxygens (including phenoxy) is 1. The van der Waals surface area contributed by atoms with Crippen molar-refractivity contribution in [2.75, 3.05) is 24.9 Å². The number of rotatable bonds is 3. The third kappa shape index (κ3) is 2.56. The van der Waals surface area contributed by atoms with Crippen molar-refractivity contribution < 1.29 is 25.0 Å². The van der Waals surface area contributed by atoms with Gasteiger partial charge in [-0.3, -0.25) is 4.98 Å². The Kier molecular flexibility index (Phi) is 1.88. The second-order valence-corrected chi connectivity index (χ2v) is 6.05. The molecule has 0 atom stereocenters. The Labute approximate surface area is 138 Å². The Bertz CT molecular complexity index is 785.